The highest BCUT2D eigenvalue weighted by Gasteiger charge is 2.22. The van der Waals surface area contributed by atoms with Crippen molar-refractivity contribution in [2.45, 2.75) is 18.4 Å². The van der Waals surface area contributed by atoms with Crippen molar-refractivity contribution in [3.8, 4) is 11.5 Å². The van der Waals surface area contributed by atoms with Gasteiger partial charge < -0.3 is 14.8 Å². The van der Waals surface area contributed by atoms with E-state index in [1.807, 2.05) is 6.92 Å². The van der Waals surface area contributed by atoms with E-state index in [0.29, 0.717) is 23.1 Å². The molecular formula is C23H23ClN2O5S. The Labute approximate surface area is 192 Å². The van der Waals surface area contributed by atoms with Crippen molar-refractivity contribution in [3.05, 3.63) is 82.9 Å². The van der Waals surface area contributed by atoms with E-state index >= 15 is 0 Å². The molecular weight excluding hydrogens is 452 g/mol. The number of rotatable bonds is 9. The van der Waals surface area contributed by atoms with Crippen LogP contribution in [0.5, 0.6) is 11.5 Å². The molecule has 3 aromatic carbocycles. The second-order valence-corrected chi connectivity index (χ2v) is 8.90. The summed E-state index contributed by atoms with van der Waals surface area (Å²) in [5.41, 5.74) is 1.43. The molecule has 0 heterocycles. The maximum Gasteiger partial charge on any atom is 0.255 e. The number of methoxy groups -OCH3 is 1. The molecule has 0 saturated heterocycles. The zero-order valence-electron chi connectivity index (χ0n) is 17.6. The Morgan fingerprint density at radius 1 is 1.03 bits per heavy atom. The molecule has 2 N–H and O–H groups in total. The van der Waals surface area contributed by atoms with Gasteiger partial charge in [0.15, 0.2) is 0 Å². The average Bonchev–Trinajstić information content (AvgIpc) is 2.79. The average molecular weight is 475 g/mol. The molecule has 0 aliphatic heterocycles. The molecule has 0 bridgehead atoms. The van der Waals surface area contributed by atoms with Crippen molar-refractivity contribution in [3.63, 3.8) is 0 Å². The summed E-state index contributed by atoms with van der Waals surface area (Å²) in [5.74, 6) is 0.286. The Kier molecular flexibility index (Phi) is 7.74. The van der Waals surface area contributed by atoms with E-state index < -0.39 is 15.9 Å². The summed E-state index contributed by atoms with van der Waals surface area (Å²) in [5, 5.41) is 3.31. The summed E-state index contributed by atoms with van der Waals surface area (Å²) >= 11 is 5.87. The third-order valence-corrected chi connectivity index (χ3v) is 6.17. The van der Waals surface area contributed by atoms with Gasteiger partial charge in [0.25, 0.3) is 5.91 Å². The van der Waals surface area contributed by atoms with Gasteiger partial charge in [0.05, 0.1) is 13.7 Å². The quantitative estimate of drug-likeness (QED) is 0.477. The lowest BCUT2D eigenvalue weighted by molar-refractivity contribution is 0.102. The van der Waals surface area contributed by atoms with Crippen molar-refractivity contribution in [2.24, 2.45) is 0 Å². The third kappa shape index (κ3) is 6.00. The summed E-state index contributed by atoms with van der Waals surface area (Å²) in [7, 11) is -2.59. The molecule has 168 valence electrons. The fourth-order valence-corrected chi connectivity index (χ4v) is 4.26. The minimum Gasteiger partial charge on any atom is -0.495 e. The van der Waals surface area contributed by atoms with Crippen LogP contribution in [-0.4, -0.2) is 28.0 Å². The fraction of sp³-hybridized carbons (Fsp3) is 0.174. The van der Waals surface area contributed by atoms with Crippen LogP contribution in [-0.2, 0) is 16.6 Å². The maximum atomic E-state index is 12.9. The summed E-state index contributed by atoms with van der Waals surface area (Å²) in [6.07, 6.45) is 0. The van der Waals surface area contributed by atoms with Crippen LogP contribution >= 0.6 is 11.6 Å². The van der Waals surface area contributed by atoms with Crippen LogP contribution in [0.2, 0.25) is 5.02 Å². The standard InChI is InChI=1S/C23H23ClN2O5S/c1-3-31-20-6-4-5-19(14-20)26-23(27)17-9-12-21(30-2)22(13-17)32(28,29)25-15-16-7-10-18(24)11-8-16/h4-14,25H,3,15H2,1-2H3,(H,26,27). The smallest absolute Gasteiger partial charge is 0.255 e. The summed E-state index contributed by atoms with van der Waals surface area (Å²) in [4.78, 5) is 12.6. The SMILES string of the molecule is CCOc1cccc(NC(=O)c2ccc(OC)c(S(=O)(=O)NCc3ccc(Cl)cc3)c2)c1. The summed E-state index contributed by atoms with van der Waals surface area (Å²) in [6.45, 7) is 2.43. The van der Waals surface area contributed by atoms with Crippen LogP contribution in [0.15, 0.2) is 71.6 Å². The van der Waals surface area contributed by atoms with Crippen LogP contribution in [0.3, 0.4) is 0 Å². The normalized spacial score (nSPS) is 11.1. The van der Waals surface area contributed by atoms with Gasteiger partial charge in [0.1, 0.15) is 16.4 Å². The predicted molar refractivity (Wildman–Crippen MR) is 124 cm³/mol. The highest BCUT2D eigenvalue weighted by Crippen LogP contribution is 2.26. The van der Waals surface area contributed by atoms with Gasteiger partial charge in [0.2, 0.25) is 10.0 Å². The van der Waals surface area contributed by atoms with Gasteiger partial charge in [-0.2, -0.15) is 0 Å². The molecule has 3 rings (SSSR count). The molecule has 3 aromatic rings. The Balaban J connectivity index is 1.81. The van der Waals surface area contributed by atoms with Crippen molar-refractivity contribution in [1.29, 1.82) is 0 Å². The minimum atomic E-state index is -3.96. The topological polar surface area (TPSA) is 93.7 Å². The van der Waals surface area contributed by atoms with Gasteiger partial charge in [-0.3, -0.25) is 4.79 Å². The molecule has 0 spiro atoms. The van der Waals surface area contributed by atoms with Crippen LogP contribution < -0.4 is 19.5 Å². The molecule has 0 radical (unpaired) electrons. The van der Waals surface area contributed by atoms with Crippen molar-refractivity contribution < 1.29 is 22.7 Å². The van der Waals surface area contributed by atoms with Gasteiger partial charge in [-0.15, -0.1) is 0 Å². The lowest BCUT2D eigenvalue weighted by Gasteiger charge is -2.13. The molecule has 1 amide bonds. The molecule has 0 aromatic heterocycles. The first-order chi connectivity index (χ1) is 15.3. The van der Waals surface area contributed by atoms with Gasteiger partial charge in [-0.25, -0.2) is 13.1 Å². The van der Waals surface area contributed by atoms with E-state index in [-0.39, 0.29) is 22.8 Å². The summed E-state index contributed by atoms with van der Waals surface area (Å²) in [6, 6.07) is 18.0. The number of carbonyl (C=O) groups is 1. The first-order valence-corrected chi connectivity index (χ1v) is 11.6. The number of nitrogens with one attached hydrogen (secondary N) is 2. The fourth-order valence-electron chi connectivity index (χ4n) is 2.92. The van der Waals surface area contributed by atoms with E-state index in [0.717, 1.165) is 5.56 Å². The zero-order chi connectivity index (χ0) is 23.1. The van der Waals surface area contributed by atoms with E-state index in [1.54, 1.807) is 48.5 Å². The van der Waals surface area contributed by atoms with Crippen molar-refractivity contribution in [1.82, 2.24) is 4.72 Å². The molecule has 0 atom stereocenters. The number of carbonyl (C=O) groups excluding carboxylic acids is 1. The van der Waals surface area contributed by atoms with Crippen LogP contribution in [0.1, 0.15) is 22.8 Å². The minimum absolute atomic E-state index is 0.0588. The Morgan fingerprint density at radius 3 is 2.47 bits per heavy atom. The lowest BCUT2D eigenvalue weighted by Crippen LogP contribution is -2.24. The van der Waals surface area contributed by atoms with Crippen molar-refractivity contribution >= 4 is 33.2 Å². The highest BCUT2D eigenvalue weighted by atomic mass is 35.5. The van der Waals surface area contributed by atoms with Gasteiger partial charge in [-0.1, -0.05) is 29.8 Å². The number of benzene rings is 3. The number of hydrogen-bond donors (Lipinski definition) is 2. The van der Waals surface area contributed by atoms with E-state index in [1.165, 1.54) is 25.3 Å². The summed E-state index contributed by atoms with van der Waals surface area (Å²) < 4.78 is 39.0. The highest BCUT2D eigenvalue weighted by molar-refractivity contribution is 7.89. The first-order valence-electron chi connectivity index (χ1n) is 9.78. The molecule has 32 heavy (non-hydrogen) atoms. The second-order valence-electron chi connectivity index (χ2n) is 6.73. The molecule has 9 heteroatoms. The molecule has 0 saturated carbocycles. The van der Waals surface area contributed by atoms with E-state index in [4.69, 9.17) is 21.1 Å². The van der Waals surface area contributed by atoms with Crippen molar-refractivity contribution in [2.75, 3.05) is 19.0 Å². The van der Waals surface area contributed by atoms with E-state index in [9.17, 15) is 13.2 Å². The monoisotopic (exact) mass is 474 g/mol. The zero-order valence-corrected chi connectivity index (χ0v) is 19.2. The number of hydrogen-bond acceptors (Lipinski definition) is 5. The molecule has 0 aliphatic carbocycles. The van der Waals surface area contributed by atoms with Crippen LogP contribution in [0.4, 0.5) is 5.69 Å². The number of halogens is 1. The third-order valence-electron chi connectivity index (χ3n) is 4.50. The first kappa shape index (κ1) is 23.6. The maximum absolute atomic E-state index is 12.9. The number of sulfonamides is 1. The molecule has 0 fully saturated rings. The van der Waals surface area contributed by atoms with Crippen LogP contribution in [0.25, 0.3) is 0 Å². The molecule has 0 aliphatic rings. The van der Waals surface area contributed by atoms with Gasteiger partial charge in [0, 0.05) is 28.9 Å². The second kappa shape index (κ2) is 10.5. The van der Waals surface area contributed by atoms with E-state index in [2.05, 4.69) is 10.0 Å². The number of amides is 1. The largest absolute Gasteiger partial charge is 0.495 e. The Morgan fingerprint density at radius 2 is 1.78 bits per heavy atom. The lowest BCUT2D eigenvalue weighted by atomic mass is 10.2. The van der Waals surface area contributed by atoms with Gasteiger partial charge >= 0.3 is 0 Å². The number of anilines is 1. The van der Waals surface area contributed by atoms with Gasteiger partial charge in [-0.05, 0) is 55.0 Å². The molecule has 0 unspecified atom stereocenters. The predicted octanol–water partition coefficient (Wildman–Crippen LogP) is 4.48. The Bertz CT molecular complexity index is 1200. The molecule has 7 nitrogen and oxygen atoms in total. The Hall–Kier alpha value is -3.07. The van der Waals surface area contributed by atoms with Crippen LogP contribution in [0, 0.1) is 0 Å². The number of ether oxygens (including phenoxy) is 2.